The van der Waals surface area contributed by atoms with Crippen molar-refractivity contribution in [2.45, 2.75) is 34.2 Å². The maximum atomic E-state index is 6.04. The van der Waals surface area contributed by atoms with E-state index in [1.54, 1.807) is 0 Å². The first kappa shape index (κ1) is 14.2. The van der Waals surface area contributed by atoms with Crippen LogP contribution in [0.5, 0.6) is 0 Å². The van der Waals surface area contributed by atoms with Crippen molar-refractivity contribution in [2.24, 2.45) is 0 Å². The molecule has 0 fully saturated rings. The van der Waals surface area contributed by atoms with Crippen LogP contribution in [0, 0.1) is 27.7 Å². The molecule has 2 aromatic heterocycles. The van der Waals surface area contributed by atoms with Crippen LogP contribution in [0.15, 0.2) is 30.5 Å². The Kier molecular flexibility index (Phi) is 3.50. The highest BCUT2D eigenvalue weighted by molar-refractivity contribution is 6.30. The van der Waals surface area contributed by atoms with Crippen LogP contribution in [0.3, 0.4) is 0 Å². The number of hydrogen-bond donors (Lipinski definition) is 0. The van der Waals surface area contributed by atoms with E-state index >= 15 is 0 Å². The Morgan fingerprint density at radius 2 is 1.86 bits per heavy atom. The Labute approximate surface area is 130 Å². The molecule has 0 bridgehead atoms. The van der Waals surface area contributed by atoms with E-state index in [0.717, 1.165) is 12.1 Å². The first-order chi connectivity index (χ1) is 9.97. The second-order valence-corrected chi connectivity index (χ2v) is 6.14. The predicted molar refractivity (Wildman–Crippen MR) is 89.2 cm³/mol. The van der Waals surface area contributed by atoms with E-state index in [4.69, 9.17) is 11.6 Å². The Balaban J connectivity index is 2.17. The maximum absolute atomic E-state index is 6.04. The van der Waals surface area contributed by atoms with Gasteiger partial charge >= 0.3 is 0 Å². The van der Waals surface area contributed by atoms with Crippen molar-refractivity contribution in [2.75, 3.05) is 0 Å². The van der Waals surface area contributed by atoms with E-state index in [1.165, 1.54) is 33.3 Å². The Bertz CT molecular complexity index is 831. The third kappa shape index (κ3) is 2.44. The normalized spacial score (nSPS) is 11.3. The Morgan fingerprint density at radius 3 is 2.62 bits per heavy atom. The third-order valence-electron chi connectivity index (χ3n) is 4.33. The van der Waals surface area contributed by atoms with Crippen molar-refractivity contribution < 1.29 is 0 Å². The van der Waals surface area contributed by atoms with E-state index in [1.807, 2.05) is 12.3 Å². The zero-order valence-corrected chi connectivity index (χ0v) is 13.6. The number of aromatic nitrogens is 2. The van der Waals surface area contributed by atoms with Gasteiger partial charge in [-0.3, -0.25) is 0 Å². The SMILES string of the molecule is Cc1ccc(C)c(Cn2c(C)c(C)c3cc(Cl)ncc32)c1. The van der Waals surface area contributed by atoms with Crippen LogP contribution in [0.4, 0.5) is 0 Å². The largest absolute Gasteiger partial charge is 0.339 e. The molecule has 1 aromatic carbocycles. The minimum atomic E-state index is 0.550. The molecule has 3 aromatic rings. The van der Waals surface area contributed by atoms with Gasteiger partial charge in [-0.2, -0.15) is 0 Å². The second-order valence-electron chi connectivity index (χ2n) is 5.75. The molecule has 0 aliphatic rings. The number of hydrogen-bond acceptors (Lipinski definition) is 1. The van der Waals surface area contributed by atoms with Gasteiger partial charge in [0.05, 0.1) is 11.7 Å². The molecule has 0 amide bonds. The Morgan fingerprint density at radius 1 is 1.10 bits per heavy atom. The highest BCUT2D eigenvalue weighted by atomic mass is 35.5. The molecule has 0 radical (unpaired) electrons. The number of nitrogens with zero attached hydrogens (tertiary/aromatic N) is 2. The van der Waals surface area contributed by atoms with Crippen molar-refractivity contribution >= 4 is 22.5 Å². The molecule has 0 spiro atoms. The van der Waals surface area contributed by atoms with E-state index < -0.39 is 0 Å². The van der Waals surface area contributed by atoms with Gasteiger partial charge in [-0.25, -0.2) is 4.98 Å². The van der Waals surface area contributed by atoms with Crippen LogP contribution in [0.2, 0.25) is 5.15 Å². The first-order valence-electron chi connectivity index (χ1n) is 7.14. The number of aryl methyl sites for hydroxylation is 3. The molecular formula is C18H19ClN2. The lowest BCUT2D eigenvalue weighted by Gasteiger charge is -2.12. The minimum Gasteiger partial charge on any atom is -0.339 e. The highest BCUT2D eigenvalue weighted by Gasteiger charge is 2.13. The molecule has 0 aliphatic heterocycles. The van der Waals surface area contributed by atoms with Gasteiger partial charge < -0.3 is 4.57 Å². The van der Waals surface area contributed by atoms with Crippen molar-refractivity contribution in [3.63, 3.8) is 0 Å². The fourth-order valence-electron chi connectivity index (χ4n) is 2.86. The second kappa shape index (κ2) is 5.19. The summed E-state index contributed by atoms with van der Waals surface area (Å²) in [6.45, 7) is 9.48. The summed E-state index contributed by atoms with van der Waals surface area (Å²) in [6, 6.07) is 8.57. The van der Waals surface area contributed by atoms with Crippen LogP contribution >= 0.6 is 11.6 Å². The fraction of sp³-hybridized carbons (Fsp3) is 0.278. The summed E-state index contributed by atoms with van der Waals surface area (Å²) in [6.07, 6.45) is 1.88. The van der Waals surface area contributed by atoms with Crippen molar-refractivity contribution in [1.82, 2.24) is 9.55 Å². The molecular weight excluding hydrogens is 280 g/mol. The van der Waals surface area contributed by atoms with E-state index in [0.29, 0.717) is 5.15 Å². The number of benzene rings is 1. The van der Waals surface area contributed by atoms with Gasteiger partial charge in [0, 0.05) is 17.6 Å². The molecule has 3 heteroatoms. The topological polar surface area (TPSA) is 17.8 Å². The summed E-state index contributed by atoms with van der Waals surface area (Å²) in [5.74, 6) is 0. The highest BCUT2D eigenvalue weighted by Crippen LogP contribution is 2.27. The molecule has 0 unspecified atom stereocenters. The van der Waals surface area contributed by atoms with Gasteiger partial charge in [-0.1, -0.05) is 35.4 Å². The molecule has 3 rings (SSSR count). The molecule has 2 nitrogen and oxygen atoms in total. The van der Waals surface area contributed by atoms with E-state index in [9.17, 15) is 0 Å². The summed E-state index contributed by atoms with van der Waals surface area (Å²) >= 11 is 6.04. The average molecular weight is 299 g/mol. The van der Waals surface area contributed by atoms with Crippen molar-refractivity contribution in [3.8, 4) is 0 Å². The van der Waals surface area contributed by atoms with Crippen LogP contribution in [0.25, 0.3) is 10.9 Å². The molecule has 0 atom stereocenters. The third-order valence-corrected chi connectivity index (χ3v) is 4.53. The van der Waals surface area contributed by atoms with Crippen molar-refractivity contribution in [3.05, 3.63) is 63.6 Å². The number of pyridine rings is 1. The number of halogens is 1. The monoisotopic (exact) mass is 298 g/mol. The van der Waals surface area contributed by atoms with E-state index in [2.05, 4.69) is 55.4 Å². The summed E-state index contributed by atoms with van der Waals surface area (Å²) in [5, 5.41) is 1.74. The predicted octanol–water partition coefficient (Wildman–Crippen LogP) is 4.97. The molecule has 0 saturated carbocycles. The molecule has 0 aliphatic carbocycles. The minimum absolute atomic E-state index is 0.550. The van der Waals surface area contributed by atoms with Crippen LogP contribution in [0.1, 0.15) is 27.9 Å². The molecule has 0 saturated heterocycles. The van der Waals surface area contributed by atoms with Gasteiger partial charge in [0.1, 0.15) is 5.15 Å². The zero-order valence-electron chi connectivity index (χ0n) is 12.9. The smallest absolute Gasteiger partial charge is 0.129 e. The van der Waals surface area contributed by atoms with Crippen LogP contribution < -0.4 is 0 Å². The van der Waals surface area contributed by atoms with Crippen molar-refractivity contribution in [1.29, 1.82) is 0 Å². The van der Waals surface area contributed by atoms with Gasteiger partial charge in [0.15, 0.2) is 0 Å². The fourth-order valence-corrected chi connectivity index (χ4v) is 3.02. The van der Waals surface area contributed by atoms with Gasteiger partial charge in [0.2, 0.25) is 0 Å². The molecule has 2 heterocycles. The van der Waals surface area contributed by atoms with Gasteiger partial charge in [-0.05, 0) is 50.5 Å². The summed E-state index contributed by atoms with van der Waals surface area (Å²) in [5.41, 5.74) is 7.67. The lowest BCUT2D eigenvalue weighted by Crippen LogP contribution is -2.04. The lowest BCUT2D eigenvalue weighted by molar-refractivity contribution is 0.793. The Hall–Kier alpha value is -1.80. The number of fused-ring (bicyclic) bond motifs is 1. The van der Waals surface area contributed by atoms with E-state index in [-0.39, 0.29) is 0 Å². The molecule has 21 heavy (non-hydrogen) atoms. The van der Waals surface area contributed by atoms with Gasteiger partial charge in [0.25, 0.3) is 0 Å². The first-order valence-corrected chi connectivity index (χ1v) is 7.52. The zero-order chi connectivity index (χ0) is 15.1. The van der Waals surface area contributed by atoms with Crippen LogP contribution in [-0.4, -0.2) is 9.55 Å². The summed E-state index contributed by atoms with van der Waals surface area (Å²) in [4.78, 5) is 4.25. The van der Waals surface area contributed by atoms with Crippen LogP contribution in [-0.2, 0) is 6.54 Å². The number of rotatable bonds is 2. The molecule has 0 N–H and O–H groups in total. The maximum Gasteiger partial charge on any atom is 0.129 e. The summed E-state index contributed by atoms with van der Waals surface area (Å²) in [7, 11) is 0. The van der Waals surface area contributed by atoms with Gasteiger partial charge in [-0.15, -0.1) is 0 Å². The summed E-state index contributed by atoms with van der Waals surface area (Å²) < 4.78 is 2.33. The molecule has 108 valence electrons. The lowest BCUT2D eigenvalue weighted by atomic mass is 10.1. The average Bonchev–Trinajstić information content (AvgIpc) is 2.68. The standard InChI is InChI=1S/C18H19ClN2/c1-11-5-6-12(2)15(7-11)10-21-14(4)13(3)16-8-18(19)20-9-17(16)21/h5-9H,10H2,1-4H3. The quantitative estimate of drug-likeness (QED) is 0.611.